The van der Waals surface area contributed by atoms with Gasteiger partial charge in [-0.25, -0.2) is 19.6 Å². The van der Waals surface area contributed by atoms with Gasteiger partial charge in [0.1, 0.15) is 0 Å². The van der Waals surface area contributed by atoms with Gasteiger partial charge in [0.25, 0.3) is 0 Å². The quantitative estimate of drug-likeness (QED) is 0.517. The predicted octanol–water partition coefficient (Wildman–Crippen LogP) is 4.54. The molecule has 0 aliphatic heterocycles. The van der Waals surface area contributed by atoms with Crippen molar-refractivity contribution in [1.29, 1.82) is 0 Å². The molecule has 0 spiro atoms. The standard InChI is InChI=1S/C23H21ClN6/c24-18-9-7-17(8-10-18)23-27-13-16(14-28-23)12-26-20-4-3-5-21-19(20)15-29-30(21)22-6-1-2-11-25-22/h1-2,6-11,13-15,20,26H,3-5,12H2. The fraction of sp³-hybridized carbons (Fsp3) is 0.217. The summed E-state index contributed by atoms with van der Waals surface area (Å²) >= 11 is 5.95. The summed E-state index contributed by atoms with van der Waals surface area (Å²) in [5.74, 6) is 1.57. The molecule has 0 radical (unpaired) electrons. The molecule has 3 aromatic heterocycles. The highest BCUT2D eigenvalue weighted by atomic mass is 35.5. The van der Waals surface area contributed by atoms with Crippen molar-refractivity contribution in [1.82, 2.24) is 30.0 Å². The van der Waals surface area contributed by atoms with Gasteiger partial charge in [0.15, 0.2) is 11.6 Å². The predicted molar refractivity (Wildman–Crippen MR) is 116 cm³/mol. The van der Waals surface area contributed by atoms with Crippen molar-refractivity contribution in [2.24, 2.45) is 0 Å². The molecule has 4 aromatic rings. The molecule has 0 saturated heterocycles. The zero-order chi connectivity index (χ0) is 20.3. The number of aromatic nitrogens is 5. The van der Waals surface area contributed by atoms with Crippen LogP contribution >= 0.6 is 11.6 Å². The third-order valence-corrected chi connectivity index (χ3v) is 5.66. The third kappa shape index (κ3) is 3.84. The van der Waals surface area contributed by atoms with Gasteiger partial charge in [-0.15, -0.1) is 0 Å². The van der Waals surface area contributed by atoms with Gasteiger partial charge in [0, 0.05) is 52.9 Å². The molecule has 7 heteroatoms. The monoisotopic (exact) mass is 416 g/mol. The van der Waals surface area contributed by atoms with Gasteiger partial charge in [0.2, 0.25) is 0 Å². The first kappa shape index (κ1) is 18.9. The number of hydrogen-bond acceptors (Lipinski definition) is 5. The number of nitrogens with zero attached hydrogens (tertiary/aromatic N) is 5. The molecule has 1 atom stereocenters. The van der Waals surface area contributed by atoms with Crippen molar-refractivity contribution in [3.8, 4) is 17.2 Å². The molecular weight excluding hydrogens is 396 g/mol. The van der Waals surface area contributed by atoms with Gasteiger partial charge in [0.05, 0.1) is 11.9 Å². The van der Waals surface area contributed by atoms with Crippen LogP contribution in [0.2, 0.25) is 5.02 Å². The van der Waals surface area contributed by atoms with Gasteiger partial charge >= 0.3 is 0 Å². The average Bonchev–Trinajstić information content (AvgIpc) is 3.24. The molecule has 6 nitrogen and oxygen atoms in total. The van der Waals surface area contributed by atoms with Gasteiger partial charge in [-0.3, -0.25) is 0 Å². The summed E-state index contributed by atoms with van der Waals surface area (Å²) in [6.45, 7) is 0.708. The second kappa shape index (κ2) is 8.34. The highest BCUT2D eigenvalue weighted by Crippen LogP contribution is 2.31. The van der Waals surface area contributed by atoms with Crippen LogP contribution in [0.4, 0.5) is 0 Å². The minimum atomic E-state index is 0.266. The van der Waals surface area contributed by atoms with Crippen molar-refractivity contribution >= 4 is 11.6 Å². The Morgan fingerprint density at radius 2 is 1.83 bits per heavy atom. The molecule has 3 heterocycles. The average molecular weight is 417 g/mol. The summed E-state index contributed by atoms with van der Waals surface area (Å²) in [5, 5.41) is 8.97. The van der Waals surface area contributed by atoms with Crippen molar-refractivity contribution < 1.29 is 0 Å². The SMILES string of the molecule is Clc1ccc(-c2ncc(CNC3CCCc4c3cnn4-c3ccccn3)cn2)cc1. The number of pyridine rings is 1. The number of nitrogens with one attached hydrogen (secondary N) is 1. The highest BCUT2D eigenvalue weighted by Gasteiger charge is 2.24. The lowest BCUT2D eigenvalue weighted by atomic mass is 9.93. The van der Waals surface area contributed by atoms with Crippen LogP contribution in [0.1, 0.15) is 35.7 Å². The van der Waals surface area contributed by atoms with Crippen LogP contribution in [-0.4, -0.2) is 24.7 Å². The van der Waals surface area contributed by atoms with E-state index in [1.165, 1.54) is 11.3 Å². The number of hydrogen-bond donors (Lipinski definition) is 1. The van der Waals surface area contributed by atoms with Crippen molar-refractivity contribution in [3.63, 3.8) is 0 Å². The Labute approximate surface area is 180 Å². The van der Waals surface area contributed by atoms with E-state index in [1.807, 2.05) is 65.7 Å². The van der Waals surface area contributed by atoms with Crippen LogP contribution in [0.15, 0.2) is 67.3 Å². The first-order valence-corrected chi connectivity index (χ1v) is 10.4. The smallest absolute Gasteiger partial charge is 0.159 e. The molecule has 150 valence electrons. The number of benzene rings is 1. The maximum Gasteiger partial charge on any atom is 0.159 e. The lowest BCUT2D eigenvalue weighted by Gasteiger charge is -2.24. The second-order valence-electron chi connectivity index (χ2n) is 7.39. The van der Waals surface area contributed by atoms with E-state index in [2.05, 4.69) is 25.4 Å². The summed E-state index contributed by atoms with van der Waals surface area (Å²) in [6, 6.07) is 13.7. The number of halogens is 1. The minimum Gasteiger partial charge on any atom is -0.306 e. The Kier molecular flexibility index (Phi) is 5.26. The zero-order valence-corrected chi connectivity index (χ0v) is 17.1. The molecule has 5 rings (SSSR count). The maximum atomic E-state index is 5.95. The van der Waals surface area contributed by atoms with Crippen molar-refractivity contribution in [2.75, 3.05) is 0 Å². The van der Waals surface area contributed by atoms with Crippen LogP contribution in [0, 0.1) is 0 Å². The number of fused-ring (bicyclic) bond motifs is 1. The van der Waals surface area contributed by atoms with E-state index >= 15 is 0 Å². The number of rotatable bonds is 5. The lowest BCUT2D eigenvalue weighted by Crippen LogP contribution is -2.25. The molecule has 1 aliphatic rings. The molecule has 1 aliphatic carbocycles. The topological polar surface area (TPSA) is 68.5 Å². The Morgan fingerprint density at radius 3 is 2.60 bits per heavy atom. The minimum absolute atomic E-state index is 0.266. The summed E-state index contributed by atoms with van der Waals surface area (Å²) < 4.78 is 1.97. The maximum absolute atomic E-state index is 5.95. The van der Waals surface area contributed by atoms with E-state index in [0.29, 0.717) is 17.4 Å². The first-order chi connectivity index (χ1) is 14.8. The van der Waals surface area contributed by atoms with Crippen molar-refractivity contribution in [3.05, 3.63) is 89.1 Å². The summed E-state index contributed by atoms with van der Waals surface area (Å²) in [6.07, 6.45) is 10.8. The summed E-state index contributed by atoms with van der Waals surface area (Å²) in [5.41, 5.74) is 4.51. The molecule has 1 N–H and O–H groups in total. The third-order valence-electron chi connectivity index (χ3n) is 5.41. The van der Waals surface area contributed by atoms with Crippen LogP contribution in [0.5, 0.6) is 0 Å². The molecule has 0 fully saturated rings. The molecule has 0 amide bonds. The van der Waals surface area contributed by atoms with E-state index in [1.54, 1.807) is 6.20 Å². The first-order valence-electron chi connectivity index (χ1n) is 10.1. The highest BCUT2D eigenvalue weighted by molar-refractivity contribution is 6.30. The summed E-state index contributed by atoms with van der Waals surface area (Å²) in [4.78, 5) is 13.5. The second-order valence-corrected chi connectivity index (χ2v) is 7.83. The van der Waals surface area contributed by atoms with Gasteiger partial charge < -0.3 is 5.32 Å². The van der Waals surface area contributed by atoms with Crippen LogP contribution in [0.3, 0.4) is 0 Å². The van der Waals surface area contributed by atoms with E-state index in [-0.39, 0.29) is 6.04 Å². The Hall–Kier alpha value is -3.09. The van der Waals surface area contributed by atoms with E-state index in [4.69, 9.17) is 11.6 Å². The normalized spacial score (nSPS) is 15.7. The van der Waals surface area contributed by atoms with Gasteiger partial charge in [-0.1, -0.05) is 17.7 Å². The largest absolute Gasteiger partial charge is 0.306 e. The van der Waals surface area contributed by atoms with Gasteiger partial charge in [-0.05, 0) is 55.7 Å². The molecule has 1 unspecified atom stereocenters. The fourth-order valence-electron chi connectivity index (χ4n) is 3.88. The Morgan fingerprint density at radius 1 is 1.00 bits per heavy atom. The Bertz CT molecular complexity index is 1120. The molecule has 0 saturated carbocycles. The van der Waals surface area contributed by atoms with E-state index in [0.717, 1.165) is 36.2 Å². The molecule has 0 bridgehead atoms. The molecule has 30 heavy (non-hydrogen) atoms. The molecule has 1 aromatic carbocycles. The molecular formula is C23H21ClN6. The van der Waals surface area contributed by atoms with E-state index < -0.39 is 0 Å². The fourth-order valence-corrected chi connectivity index (χ4v) is 4.01. The van der Waals surface area contributed by atoms with Crippen LogP contribution in [-0.2, 0) is 13.0 Å². The zero-order valence-electron chi connectivity index (χ0n) is 16.4. The van der Waals surface area contributed by atoms with E-state index in [9.17, 15) is 0 Å². The summed E-state index contributed by atoms with van der Waals surface area (Å²) in [7, 11) is 0. The van der Waals surface area contributed by atoms with Crippen LogP contribution in [0.25, 0.3) is 17.2 Å². The lowest BCUT2D eigenvalue weighted by molar-refractivity contribution is 0.454. The van der Waals surface area contributed by atoms with Gasteiger partial charge in [-0.2, -0.15) is 5.10 Å². The van der Waals surface area contributed by atoms with Crippen LogP contribution < -0.4 is 5.32 Å². The Balaban J connectivity index is 1.29. The van der Waals surface area contributed by atoms with Crippen molar-refractivity contribution in [2.45, 2.75) is 31.8 Å².